The van der Waals surface area contributed by atoms with Gasteiger partial charge in [0.15, 0.2) is 0 Å². The number of nitrogens with zero attached hydrogens (tertiary/aromatic N) is 2. The van der Waals surface area contributed by atoms with Crippen molar-refractivity contribution >= 4 is 17.7 Å². The van der Waals surface area contributed by atoms with E-state index in [1.54, 1.807) is 30.3 Å². The van der Waals surface area contributed by atoms with E-state index >= 15 is 0 Å². The van der Waals surface area contributed by atoms with E-state index in [1.807, 2.05) is 0 Å². The average molecular weight is 396 g/mol. The van der Waals surface area contributed by atoms with Gasteiger partial charge < -0.3 is 14.9 Å². The number of piperidine rings is 3. The molecular weight excluding hydrogens is 372 g/mol. The zero-order valence-electron chi connectivity index (χ0n) is 16.0. The van der Waals surface area contributed by atoms with Crippen LogP contribution in [0.5, 0.6) is 5.75 Å². The average Bonchev–Trinajstić information content (AvgIpc) is 2.74. The normalized spacial score (nSPS) is 22.8. The number of benzene rings is 2. The Hall–Kier alpha value is -3.06. The molecule has 3 fully saturated rings. The van der Waals surface area contributed by atoms with E-state index < -0.39 is 12.1 Å². The van der Waals surface area contributed by atoms with E-state index in [0.29, 0.717) is 11.6 Å². The monoisotopic (exact) mass is 396 g/mol. The maximum absolute atomic E-state index is 13.1. The van der Waals surface area contributed by atoms with E-state index in [2.05, 4.69) is 4.90 Å². The SMILES string of the molecule is O=C(O)c1ccc(CN(C(=O)O[C@H]2CN3CCC2CC3)c2ccccc2O)cc1. The third kappa shape index (κ3) is 4.19. The van der Waals surface area contributed by atoms with Crippen molar-refractivity contribution in [2.24, 2.45) is 5.92 Å². The molecule has 2 N–H and O–H groups in total. The standard InChI is InChI=1S/C22H24N2O5/c25-19-4-2-1-3-18(19)24(13-15-5-7-17(8-6-15)21(26)27)22(28)29-20-14-23-11-9-16(20)10-12-23/h1-8,16,20,25H,9-14H2,(H,26,27)/t20-/m0/s1. The number of carboxylic acids is 1. The van der Waals surface area contributed by atoms with Gasteiger partial charge in [-0.1, -0.05) is 24.3 Å². The summed E-state index contributed by atoms with van der Waals surface area (Å²) in [5, 5.41) is 19.4. The molecule has 0 spiro atoms. The van der Waals surface area contributed by atoms with Crippen LogP contribution in [0.4, 0.5) is 10.5 Å². The van der Waals surface area contributed by atoms with Crippen molar-refractivity contribution in [2.75, 3.05) is 24.5 Å². The maximum Gasteiger partial charge on any atom is 0.415 e. The lowest BCUT2D eigenvalue weighted by atomic mass is 9.86. The van der Waals surface area contributed by atoms with E-state index in [0.717, 1.165) is 38.0 Å². The molecule has 2 aromatic carbocycles. The van der Waals surface area contributed by atoms with E-state index in [4.69, 9.17) is 9.84 Å². The summed E-state index contributed by atoms with van der Waals surface area (Å²) in [6.45, 7) is 3.02. The van der Waals surface area contributed by atoms with Crippen molar-refractivity contribution < 1.29 is 24.5 Å². The Balaban J connectivity index is 1.56. The molecule has 3 saturated heterocycles. The summed E-state index contributed by atoms with van der Waals surface area (Å²) in [4.78, 5) is 27.9. The molecule has 7 nitrogen and oxygen atoms in total. The van der Waals surface area contributed by atoms with Crippen LogP contribution in [0, 0.1) is 5.92 Å². The highest BCUT2D eigenvalue weighted by molar-refractivity contribution is 5.90. The van der Waals surface area contributed by atoms with Crippen LogP contribution in [0.2, 0.25) is 0 Å². The minimum absolute atomic E-state index is 0.0134. The van der Waals surface area contributed by atoms with Crippen molar-refractivity contribution in [2.45, 2.75) is 25.5 Å². The van der Waals surface area contributed by atoms with Gasteiger partial charge in [-0.05, 0) is 61.7 Å². The van der Waals surface area contributed by atoms with Crippen LogP contribution in [0.3, 0.4) is 0 Å². The molecule has 3 aliphatic rings. The smallest absolute Gasteiger partial charge is 0.415 e. The number of phenols is 1. The third-order valence-corrected chi connectivity index (χ3v) is 5.78. The minimum atomic E-state index is -1.00. The van der Waals surface area contributed by atoms with Gasteiger partial charge in [0.25, 0.3) is 0 Å². The fourth-order valence-electron chi connectivity index (χ4n) is 4.11. The molecule has 3 heterocycles. The molecule has 0 aromatic heterocycles. The summed E-state index contributed by atoms with van der Waals surface area (Å²) in [6.07, 6.45) is 1.41. The predicted octanol–water partition coefficient (Wildman–Crippen LogP) is 3.33. The number of fused-ring (bicyclic) bond motifs is 3. The van der Waals surface area contributed by atoms with Crippen LogP contribution in [0.1, 0.15) is 28.8 Å². The van der Waals surface area contributed by atoms with E-state index in [-0.39, 0.29) is 24.0 Å². The summed E-state index contributed by atoms with van der Waals surface area (Å²) in [5.74, 6) is -0.638. The van der Waals surface area contributed by atoms with Crippen LogP contribution in [-0.4, -0.2) is 52.9 Å². The van der Waals surface area contributed by atoms with Crippen molar-refractivity contribution in [3.05, 3.63) is 59.7 Å². The van der Waals surface area contributed by atoms with Gasteiger partial charge in [0.2, 0.25) is 0 Å². The molecule has 152 valence electrons. The van der Waals surface area contributed by atoms with Crippen molar-refractivity contribution in [3.8, 4) is 5.75 Å². The first kappa shape index (κ1) is 19.3. The van der Waals surface area contributed by atoms with Gasteiger partial charge in [-0.2, -0.15) is 0 Å². The van der Waals surface area contributed by atoms with Gasteiger partial charge in [-0.15, -0.1) is 0 Å². The zero-order chi connectivity index (χ0) is 20.4. The number of ether oxygens (including phenoxy) is 1. The highest BCUT2D eigenvalue weighted by Crippen LogP contribution is 2.32. The fraction of sp³-hybridized carbons (Fsp3) is 0.364. The third-order valence-electron chi connectivity index (χ3n) is 5.78. The number of carbonyl (C=O) groups is 2. The Morgan fingerprint density at radius 3 is 2.34 bits per heavy atom. The number of carbonyl (C=O) groups excluding carboxylic acids is 1. The van der Waals surface area contributed by atoms with Gasteiger partial charge >= 0.3 is 12.1 Å². The molecule has 0 unspecified atom stereocenters. The molecule has 29 heavy (non-hydrogen) atoms. The van der Waals surface area contributed by atoms with Gasteiger partial charge in [-0.25, -0.2) is 9.59 Å². The molecule has 2 aromatic rings. The Kier molecular flexibility index (Phi) is 5.40. The maximum atomic E-state index is 13.1. The number of phenolic OH excluding ortho intramolecular Hbond substituents is 1. The van der Waals surface area contributed by atoms with Crippen LogP contribution in [-0.2, 0) is 11.3 Å². The summed E-state index contributed by atoms with van der Waals surface area (Å²) in [5.41, 5.74) is 1.28. The lowest BCUT2D eigenvalue weighted by Gasteiger charge is -2.44. The molecular formula is C22H24N2O5. The lowest BCUT2D eigenvalue weighted by molar-refractivity contribution is -0.0311. The largest absolute Gasteiger partial charge is 0.506 e. The van der Waals surface area contributed by atoms with Crippen molar-refractivity contribution in [3.63, 3.8) is 0 Å². The fourth-order valence-corrected chi connectivity index (χ4v) is 4.11. The molecule has 5 rings (SSSR count). The van der Waals surface area contributed by atoms with Crippen molar-refractivity contribution in [1.29, 1.82) is 0 Å². The summed E-state index contributed by atoms with van der Waals surface area (Å²) in [6, 6.07) is 13.0. The second-order valence-electron chi connectivity index (χ2n) is 7.64. The lowest BCUT2D eigenvalue weighted by Crippen LogP contribution is -2.53. The number of hydrogen-bond acceptors (Lipinski definition) is 5. The number of hydrogen-bond donors (Lipinski definition) is 2. The number of rotatable bonds is 5. The van der Waals surface area contributed by atoms with Crippen LogP contribution in [0.15, 0.2) is 48.5 Å². The molecule has 0 radical (unpaired) electrons. The molecule has 7 heteroatoms. The van der Waals surface area contributed by atoms with Gasteiger partial charge in [0.05, 0.1) is 17.8 Å². The number of amides is 1. The number of aromatic carboxylic acids is 1. The predicted molar refractivity (Wildman–Crippen MR) is 107 cm³/mol. The molecule has 2 bridgehead atoms. The van der Waals surface area contributed by atoms with Gasteiger partial charge in [0, 0.05) is 6.54 Å². The molecule has 0 saturated carbocycles. The topological polar surface area (TPSA) is 90.3 Å². The van der Waals surface area contributed by atoms with E-state index in [1.165, 1.54) is 23.1 Å². The highest BCUT2D eigenvalue weighted by Gasteiger charge is 2.37. The highest BCUT2D eigenvalue weighted by atomic mass is 16.6. The number of anilines is 1. The van der Waals surface area contributed by atoms with E-state index in [9.17, 15) is 14.7 Å². The number of carboxylic acid groups (broad SMARTS) is 1. The first-order valence-electron chi connectivity index (χ1n) is 9.82. The molecule has 0 aliphatic carbocycles. The zero-order valence-corrected chi connectivity index (χ0v) is 16.0. The summed E-state index contributed by atoms with van der Waals surface area (Å²) < 4.78 is 5.87. The Morgan fingerprint density at radius 2 is 1.76 bits per heavy atom. The number of aromatic hydroxyl groups is 1. The number of para-hydroxylation sites is 2. The van der Waals surface area contributed by atoms with Gasteiger partial charge in [0.1, 0.15) is 11.9 Å². The summed E-state index contributed by atoms with van der Waals surface area (Å²) >= 11 is 0. The summed E-state index contributed by atoms with van der Waals surface area (Å²) in [7, 11) is 0. The second-order valence-corrected chi connectivity index (χ2v) is 7.64. The van der Waals surface area contributed by atoms with Crippen LogP contribution < -0.4 is 4.90 Å². The van der Waals surface area contributed by atoms with Gasteiger partial charge in [-0.3, -0.25) is 9.80 Å². The Morgan fingerprint density at radius 1 is 1.07 bits per heavy atom. The quantitative estimate of drug-likeness (QED) is 0.806. The minimum Gasteiger partial charge on any atom is -0.506 e. The molecule has 1 atom stereocenters. The van der Waals surface area contributed by atoms with Crippen molar-refractivity contribution in [1.82, 2.24) is 4.90 Å². The molecule has 3 aliphatic heterocycles. The van der Waals surface area contributed by atoms with Crippen LogP contribution >= 0.6 is 0 Å². The first-order chi connectivity index (χ1) is 14.0. The Bertz CT molecular complexity index is 890. The molecule has 1 amide bonds. The van der Waals surface area contributed by atoms with Crippen LogP contribution in [0.25, 0.3) is 0 Å². The second kappa shape index (κ2) is 8.13. The first-order valence-corrected chi connectivity index (χ1v) is 9.82. The Labute approximate surface area is 169 Å².